The van der Waals surface area contributed by atoms with Crippen LogP contribution in [0.3, 0.4) is 0 Å². The largest absolute Gasteiger partial charge is 0.328 e. The van der Waals surface area contributed by atoms with Gasteiger partial charge in [-0.3, -0.25) is 4.90 Å². The maximum atomic E-state index is 6.15. The maximum absolute atomic E-state index is 6.15. The molecule has 0 radical (unpaired) electrons. The minimum Gasteiger partial charge on any atom is -0.328 e. The Morgan fingerprint density at radius 1 is 0.895 bits per heavy atom. The van der Waals surface area contributed by atoms with Crippen molar-refractivity contribution < 1.29 is 0 Å². The number of hydrogen-bond donors (Lipinski definition) is 1. The van der Waals surface area contributed by atoms with Crippen molar-refractivity contribution in [1.29, 1.82) is 0 Å². The van der Waals surface area contributed by atoms with Gasteiger partial charge in [0.2, 0.25) is 0 Å². The Morgan fingerprint density at radius 2 is 1.37 bits per heavy atom. The van der Waals surface area contributed by atoms with Crippen LogP contribution in [0.25, 0.3) is 0 Å². The van der Waals surface area contributed by atoms with Crippen molar-refractivity contribution in [1.82, 2.24) is 4.90 Å². The van der Waals surface area contributed by atoms with Crippen LogP contribution < -0.4 is 5.73 Å². The lowest BCUT2D eigenvalue weighted by Gasteiger charge is -2.42. The molecule has 2 nitrogen and oxygen atoms in total. The molecule has 0 aliphatic heterocycles. The third-order valence-corrected chi connectivity index (χ3v) is 5.37. The molecule has 0 aromatic rings. The van der Waals surface area contributed by atoms with E-state index in [9.17, 15) is 0 Å². The second-order valence-corrected chi connectivity index (χ2v) is 6.78. The van der Waals surface area contributed by atoms with Crippen molar-refractivity contribution in [2.24, 2.45) is 5.73 Å². The van der Waals surface area contributed by atoms with Crippen molar-refractivity contribution in [2.45, 2.75) is 102 Å². The van der Waals surface area contributed by atoms with E-state index < -0.39 is 0 Å². The molecule has 1 atom stereocenters. The van der Waals surface area contributed by atoms with Crippen molar-refractivity contribution in [2.75, 3.05) is 6.54 Å². The van der Waals surface area contributed by atoms with Crippen LogP contribution in [0.2, 0.25) is 0 Å². The first-order valence-electron chi connectivity index (χ1n) is 8.82. The number of hydrogen-bond acceptors (Lipinski definition) is 2. The molecule has 0 aromatic heterocycles. The summed E-state index contributed by atoms with van der Waals surface area (Å²) in [6.45, 7) is 3.47. The predicted octanol–water partition coefficient (Wildman–Crippen LogP) is 4.08. The molecule has 2 N–H and O–H groups in total. The molecule has 0 spiro atoms. The second kappa shape index (κ2) is 8.26. The lowest BCUT2D eigenvalue weighted by molar-refractivity contribution is 0.0775. The van der Waals surface area contributed by atoms with Crippen LogP contribution in [0.15, 0.2) is 0 Å². The van der Waals surface area contributed by atoms with Gasteiger partial charge in [-0.2, -0.15) is 0 Å². The summed E-state index contributed by atoms with van der Waals surface area (Å²) in [5, 5.41) is 0. The van der Waals surface area contributed by atoms with E-state index in [0.717, 1.165) is 18.5 Å². The topological polar surface area (TPSA) is 29.3 Å². The number of nitrogens with zero attached hydrogens (tertiary/aromatic N) is 1. The Balaban J connectivity index is 1.90. The quantitative estimate of drug-likeness (QED) is 0.785. The van der Waals surface area contributed by atoms with Gasteiger partial charge in [0.05, 0.1) is 0 Å². The average molecular weight is 266 g/mol. The van der Waals surface area contributed by atoms with Crippen molar-refractivity contribution in [3.63, 3.8) is 0 Å². The Kier molecular flexibility index (Phi) is 6.66. The van der Waals surface area contributed by atoms with Crippen molar-refractivity contribution in [3.05, 3.63) is 0 Å². The molecule has 0 bridgehead atoms. The fourth-order valence-corrected chi connectivity index (χ4v) is 4.01. The summed E-state index contributed by atoms with van der Waals surface area (Å²) < 4.78 is 0. The van der Waals surface area contributed by atoms with Gasteiger partial charge < -0.3 is 5.73 Å². The first-order chi connectivity index (χ1) is 9.31. The Morgan fingerprint density at radius 3 is 1.79 bits per heavy atom. The highest BCUT2D eigenvalue weighted by molar-refractivity contribution is 4.84. The lowest BCUT2D eigenvalue weighted by atomic mass is 9.88. The average Bonchev–Trinajstić information content (AvgIpc) is 2.49. The van der Waals surface area contributed by atoms with Gasteiger partial charge in [0.25, 0.3) is 0 Å². The Labute approximate surface area is 120 Å². The molecule has 0 aromatic carbocycles. The van der Waals surface area contributed by atoms with Gasteiger partial charge >= 0.3 is 0 Å². The summed E-state index contributed by atoms with van der Waals surface area (Å²) in [7, 11) is 0. The van der Waals surface area contributed by atoms with E-state index in [-0.39, 0.29) is 0 Å². The third kappa shape index (κ3) is 4.75. The zero-order chi connectivity index (χ0) is 13.5. The lowest BCUT2D eigenvalue weighted by Crippen LogP contribution is -2.46. The molecule has 2 rings (SSSR count). The molecule has 2 aliphatic carbocycles. The molecule has 19 heavy (non-hydrogen) atoms. The molecular formula is C17H34N2. The molecule has 112 valence electrons. The molecule has 0 heterocycles. The van der Waals surface area contributed by atoms with E-state index in [1.807, 2.05) is 0 Å². The zero-order valence-corrected chi connectivity index (χ0v) is 12.9. The highest BCUT2D eigenvalue weighted by Gasteiger charge is 2.28. The maximum Gasteiger partial charge on any atom is 0.00982 e. The van der Waals surface area contributed by atoms with Gasteiger partial charge in [-0.25, -0.2) is 0 Å². The molecule has 0 amide bonds. The SMILES string of the molecule is CCC(N)CCN(C1CCCCC1)C1CCCCC1. The first-order valence-corrected chi connectivity index (χ1v) is 8.82. The first kappa shape index (κ1) is 15.3. The second-order valence-electron chi connectivity index (χ2n) is 6.78. The van der Waals surface area contributed by atoms with Crippen LogP contribution in [0, 0.1) is 0 Å². The number of rotatable bonds is 6. The minimum absolute atomic E-state index is 0.412. The van der Waals surface area contributed by atoms with Crippen LogP contribution in [0.1, 0.15) is 84.0 Å². The van der Waals surface area contributed by atoms with E-state index in [1.54, 1.807) is 0 Å². The van der Waals surface area contributed by atoms with Crippen LogP contribution >= 0.6 is 0 Å². The standard InChI is InChI=1S/C17H34N2/c1-2-15(18)13-14-19(16-9-5-3-6-10-16)17-11-7-4-8-12-17/h15-17H,2-14,18H2,1H3. The monoisotopic (exact) mass is 266 g/mol. The minimum atomic E-state index is 0.412. The van der Waals surface area contributed by atoms with Gasteiger partial charge in [0, 0.05) is 24.7 Å². The molecule has 2 saturated carbocycles. The van der Waals surface area contributed by atoms with E-state index in [4.69, 9.17) is 5.73 Å². The van der Waals surface area contributed by atoms with E-state index >= 15 is 0 Å². The van der Waals surface area contributed by atoms with Gasteiger partial charge in [-0.1, -0.05) is 45.4 Å². The van der Waals surface area contributed by atoms with Crippen molar-refractivity contribution in [3.8, 4) is 0 Å². The van der Waals surface area contributed by atoms with Gasteiger partial charge in [-0.05, 0) is 38.5 Å². The third-order valence-electron chi connectivity index (χ3n) is 5.37. The summed E-state index contributed by atoms with van der Waals surface area (Å²) in [4.78, 5) is 2.88. The van der Waals surface area contributed by atoms with Crippen molar-refractivity contribution >= 4 is 0 Å². The fourth-order valence-electron chi connectivity index (χ4n) is 4.01. The zero-order valence-electron chi connectivity index (χ0n) is 12.9. The van der Waals surface area contributed by atoms with Crippen LogP contribution in [-0.2, 0) is 0 Å². The highest BCUT2D eigenvalue weighted by Crippen LogP contribution is 2.30. The molecule has 2 fully saturated rings. The number of nitrogens with two attached hydrogens (primary N) is 1. The van der Waals surface area contributed by atoms with E-state index in [1.165, 1.54) is 77.2 Å². The van der Waals surface area contributed by atoms with Crippen LogP contribution in [0.5, 0.6) is 0 Å². The van der Waals surface area contributed by atoms with E-state index in [2.05, 4.69) is 11.8 Å². The van der Waals surface area contributed by atoms with Gasteiger partial charge in [0.1, 0.15) is 0 Å². The summed E-state index contributed by atoms with van der Waals surface area (Å²) in [6.07, 6.45) is 16.8. The predicted molar refractivity (Wildman–Crippen MR) is 83.3 cm³/mol. The Hall–Kier alpha value is -0.0800. The van der Waals surface area contributed by atoms with Crippen LogP contribution in [-0.4, -0.2) is 29.6 Å². The molecule has 1 unspecified atom stereocenters. The summed E-state index contributed by atoms with van der Waals surface area (Å²) in [5.41, 5.74) is 6.15. The molecule has 2 heteroatoms. The van der Waals surface area contributed by atoms with Crippen LogP contribution in [0.4, 0.5) is 0 Å². The summed E-state index contributed by atoms with van der Waals surface area (Å²) >= 11 is 0. The highest BCUT2D eigenvalue weighted by atomic mass is 15.2. The molecule has 0 saturated heterocycles. The fraction of sp³-hybridized carbons (Fsp3) is 1.00. The molecular weight excluding hydrogens is 232 g/mol. The normalized spacial score (nSPS) is 24.8. The summed E-state index contributed by atoms with van der Waals surface area (Å²) in [5.74, 6) is 0. The summed E-state index contributed by atoms with van der Waals surface area (Å²) in [6, 6.07) is 2.16. The van der Waals surface area contributed by atoms with E-state index in [0.29, 0.717) is 6.04 Å². The Bertz CT molecular complexity index is 211. The van der Waals surface area contributed by atoms with Gasteiger partial charge in [-0.15, -0.1) is 0 Å². The molecule has 2 aliphatic rings. The van der Waals surface area contributed by atoms with Gasteiger partial charge in [0.15, 0.2) is 0 Å². The smallest absolute Gasteiger partial charge is 0.00982 e.